The Bertz CT molecular complexity index is 281. The molecule has 0 bridgehead atoms. The third-order valence-corrected chi connectivity index (χ3v) is 4.18. The molecule has 0 aliphatic carbocycles. The van der Waals surface area contributed by atoms with Gasteiger partial charge in [0, 0.05) is 25.0 Å². The highest BCUT2D eigenvalue weighted by molar-refractivity contribution is 5.79. The first-order valence-corrected chi connectivity index (χ1v) is 7.45. The molecule has 0 spiro atoms. The van der Waals surface area contributed by atoms with Crippen LogP contribution in [0.2, 0.25) is 0 Å². The highest BCUT2D eigenvalue weighted by atomic mass is 16.4. The van der Waals surface area contributed by atoms with Crippen LogP contribution in [0.25, 0.3) is 0 Å². The van der Waals surface area contributed by atoms with E-state index in [1.807, 2.05) is 0 Å². The SMILES string of the molecule is CC(C)N(CCC(N)=NO)CCC1CCCCN1C. The van der Waals surface area contributed by atoms with Gasteiger partial charge in [-0.3, -0.25) is 0 Å². The largest absolute Gasteiger partial charge is 0.409 e. The zero-order chi connectivity index (χ0) is 14.3. The van der Waals surface area contributed by atoms with Gasteiger partial charge in [0.15, 0.2) is 0 Å². The number of hydrogen-bond donors (Lipinski definition) is 2. The van der Waals surface area contributed by atoms with Crippen molar-refractivity contribution in [3.05, 3.63) is 0 Å². The van der Waals surface area contributed by atoms with Crippen LogP contribution >= 0.6 is 0 Å². The maximum atomic E-state index is 8.59. The summed E-state index contributed by atoms with van der Waals surface area (Å²) in [5.41, 5.74) is 5.55. The minimum absolute atomic E-state index is 0.320. The van der Waals surface area contributed by atoms with Gasteiger partial charge >= 0.3 is 0 Å². The Labute approximate surface area is 117 Å². The molecule has 0 aromatic heterocycles. The Kier molecular flexibility index (Phi) is 7.16. The van der Waals surface area contributed by atoms with Gasteiger partial charge in [-0.25, -0.2) is 0 Å². The van der Waals surface area contributed by atoms with Gasteiger partial charge < -0.3 is 20.7 Å². The Morgan fingerprint density at radius 2 is 2.16 bits per heavy atom. The van der Waals surface area contributed by atoms with Crippen molar-refractivity contribution >= 4 is 5.84 Å². The molecule has 19 heavy (non-hydrogen) atoms. The van der Waals surface area contributed by atoms with E-state index in [0.717, 1.165) is 19.1 Å². The average molecular weight is 270 g/mol. The van der Waals surface area contributed by atoms with Crippen LogP contribution in [0, 0.1) is 0 Å². The van der Waals surface area contributed by atoms with E-state index in [1.165, 1.54) is 32.2 Å². The first-order chi connectivity index (χ1) is 9.04. The van der Waals surface area contributed by atoms with E-state index in [1.54, 1.807) is 0 Å². The predicted octanol–water partition coefficient (Wildman–Crippen LogP) is 1.71. The molecule has 1 fully saturated rings. The van der Waals surface area contributed by atoms with E-state index in [0.29, 0.717) is 18.3 Å². The summed E-state index contributed by atoms with van der Waals surface area (Å²) >= 11 is 0. The fourth-order valence-corrected chi connectivity index (χ4v) is 2.76. The van der Waals surface area contributed by atoms with Crippen molar-refractivity contribution in [3.63, 3.8) is 0 Å². The number of amidine groups is 1. The minimum atomic E-state index is 0.320. The monoisotopic (exact) mass is 270 g/mol. The van der Waals surface area contributed by atoms with Gasteiger partial charge in [0.25, 0.3) is 0 Å². The van der Waals surface area contributed by atoms with Gasteiger partial charge in [-0.05, 0) is 53.2 Å². The van der Waals surface area contributed by atoms with Crippen molar-refractivity contribution in [2.75, 3.05) is 26.7 Å². The van der Waals surface area contributed by atoms with E-state index >= 15 is 0 Å². The van der Waals surface area contributed by atoms with Crippen LogP contribution in [0.3, 0.4) is 0 Å². The molecular formula is C14H30N4O. The average Bonchev–Trinajstić information content (AvgIpc) is 2.39. The lowest BCUT2D eigenvalue weighted by Crippen LogP contribution is -2.41. The maximum absolute atomic E-state index is 8.59. The maximum Gasteiger partial charge on any atom is 0.140 e. The molecule has 1 aliphatic rings. The summed E-state index contributed by atoms with van der Waals surface area (Å²) in [6.07, 6.45) is 5.87. The normalized spacial score (nSPS) is 22.4. The molecule has 0 aromatic rings. The highest BCUT2D eigenvalue weighted by Gasteiger charge is 2.20. The van der Waals surface area contributed by atoms with Crippen LogP contribution in [-0.4, -0.2) is 59.6 Å². The van der Waals surface area contributed by atoms with Crippen LogP contribution in [0.15, 0.2) is 5.16 Å². The van der Waals surface area contributed by atoms with Gasteiger partial charge in [-0.15, -0.1) is 0 Å². The molecule has 0 aromatic carbocycles. The number of piperidine rings is 1. The number of likely N-dealkylation sites (tertiary alicyclic amines) is 1. The van der Waals surface area contributed by atoms with E-state index in [2.05, 4.69) is 35.9 Å². The molecule has 3 N–H and O–H groups in total. The lowest BCUT2D eigenvalue weighted by molar-refractivity contribution is 0.143. The molecule has 0 radical (unpaired) electrons. The van der Waals surface area contributed by atoms with E-state index in [9.17, 15) is 0 Å². The molecule has 0 saturated carbocycles. The molecular weight excluding hydrogens is 240 g/mol. The summed E-state index contributed by atoms with van der Waals surface area (Å²) < 4.78 is 0. The summed E-state index contributed by atoms with van der Waals surface area (Å²) in [5.74, 6) is 0.320. The van der Waals surface area contributed by atoms with E-state index in [-0.39, 0.29) is 0 Å². The molecule has 1 aliphatic heterocycles. The fourth-order valence-electron chi connectivity index (χ4n) is 2.76. The fraction of sp³-hybridized carbons (Fsp3) is 0.929. The highest BCUT2D eigenvalue weighted by Crippen LogP contribution is 2.18. The van der Waals surface area contributed by atoms with Crippen molar-refractivity contribution in [1.29, 1.82) is 0 Å². The molecule has 5 heteroatoms. The van der Waals surface area contributed by atoms with Crippen LogP contribution in [0.4, 0.5) is 0 Å². The summed E-state index contributed by atoms with van der Waals surface area (Å²) in [6.45, 7) is 7.60. The van der Waals surface area contributed by atoms with Gasteiger partial charge in [0.05, 0.1) is 0 Å². The molecule has 1 atom stereocenters. The smallest absolute Gasteiger partial charge is 0.140 e. The van der Waals surface area contributed by atoms with E-state index in [4.69, 9.17) is 10.9 Å². The Hall–Kier alpha value is -0.810. The Morgan fingerprint density at radius 3 is 2.74 bits per heavy atom. The van der Waals surface area contributed by atoms with Crippen molar-refractivity contribution in [2.45, 2.75) is 58.0 Å². The van der Waals surface area contributed by atoms with Crippen LogP contribution in [0.1, 0.15) is 46.0 Å². The predicted molar refractivity (Wildman–Crippen MR) is 79.6 cm³/mol. The van der Waals surface area contributed by atoms with Gasteiger partial charge in [0.1, 0.15) is 5.84 Å². The molecule has 1 saturated heterocycles. The third kappa shape index (κ3) is 5.78. The number of hydrogen-bond acceptors (Lipinski definition) is 4. The lowest BCUT2D eigenvalue weighted by atomic mass is 9.99. The summed E-state index contributed by atoms with van der Waals surface area (Å²) in [6, 6.07) is 1.22. The van der Waals surface area contributed by atoms with Gasteiger partial charge in [-0.2, -0.15) is 0 Å². The Balaban J connectivity index is 2.36. The van der Waals surface area contributed by atoms with Crippen LogP contribution < -0.4 is 5.73 Å². The number of nitrogens with two attached hydrogens (primary N) is 1. The zero-order valence-corrected chi connectivity index (χ0v) is 12.7. The second-order valence-corrected chi connectivity index (χ2v) is 5.89. The first kappa shape index (κ1) is 16.2. The molecule has 1 heterocycles. The standard InChI is InChI=1S/C14H30N4O/c1-12(2)18(11-8-14(15)16-19)10-7-13-6-4-5-9-17(13)3/h12-13,19H,4-11H2,1-3H3,(H2,15,16). The lowest BCUT2D eigenvalue weighted by Gasteiger charge is -2.35. The quantitative estimate of drug-likeness (QED) is 0.320. The van der Waals surface area contributed by atoms with Crippen LogP contribution in [-0.2, 0) is 0 Å². The number of oxime groups is 1. The second-order valence-electron chi connectivity index (χ2n) is 5.89. The van der Waals surface area contributed by atoms with Gasteiger partial charge in [0.2, 0.25) is 0 Å². The summed E-state index contributed by atoms with van der Waals surface area (Å²) in [4.78, 5) is 4.91. The second kappa shape index (κ2) is 8.38. The Morgan fingerprint density at radius 1 is 1.42 bits per heavy atom. The first-order valence-electron chi connectivity index (χ1n) is 7.45. The van der Waals surface area contributed by atoms with Gasteiger partial charge in [-0.1, -0.05) is 11.6 Å². The molecule has 1 rings (SSSR count). The summed E-state index contributed by atoms with van der Waals surface area (Å²) in [5, 5.41) is 11.6. The third-order valence-electron chi connectivity index (χ3n) is 4.18. The molecule has 112 valence electrons. The van der Waals surface area contributed by atoms with Crippen LogP contribution in [0.5, 0.6) is 0 Å². The van der Waals surface area contributed by atoms with Crippen molar-refractivity contribution in [2.24, 2.45) is 10.9 Å². The zero-order valence-electron chi connectivity index (χ0n) is 12.7. The molecule has 5 nitrogen and oxygen atoms in total. The summed E-state index contributed by atoms with van der Waals surface area (Å²) in [7, 11) is 2.24. The topological polar surface area (TPSA) is 65.1 Å². The number of rotatable bonds is 7. The molecule has 1 unspecified atom stereocenters. The minimum Gasteiger partial charge on any atom is -0.409 e. The molecule has 0 amide bonds. The number of nitrogens with zero attached hydrogens (tertiary/aromatic N) is 3. The van der Waals surface area contributed by atoms with Crippen molar-refractivity contribution in [1.82, 2.24) is 9.80 Å². The van der Waals surface area contributed by atoms with Crippen molar-refractivity contribution < 1.29 is 5.21 Å². The van der Waals surface area contributed by atoms with E-state index < -0.39 is 0 Å². The van der Waals surface area contributed by atoms with Crippen molar-refractivity contribution in [3.8, 4) is 0 Å².